The van der Waals surface area contributed by atoms with Gasteiger partial charge in [-0.15, -0.1) is 0 Å². The molecule has 0 aromatic carbocycles. The summed E-state index contributed by atoms with van der Waals surface area (Å²) in [5, 5.41) is 11.8. The number of carboxylic acids is 1. The van der Waals surface area contributed by atoms with Crippen molar-refractivity contribution in [2.24, 2.45) is 11.3 Å². The zero-order chi connectivity index (χ0) is 15.6. The first-order chi connectivity index (χ1) is 9.09. The van der Waals surface area contributed by atoms with Crippen LogP contribution >= 0.6 is 0 Å². The predicted octanol–water partition coefficient (Wildman–Crippen LogP) is 2.20. The number of carbonyl (C=O) groups excluding carboxylic acids is 1. The van der Waals surface area contributed by atoms with E-state index in [0.29, 0.717) is 6.61 Å². The predicted molar refractivity (Wildman–Crippen MR) is 76.4 cm³/mol. The summed E-state index contributed by atoms with van der Waals surface area (Å²) in [6, 6.07) is -0.869. The lowest BCUT2D eigenvalue weighted by atomic mass is 10.0. The average Bonchev–Trinajstić information content (AvgIpc) is 2.99. The molecular formula is C15H27NO4. The topological polar surface area (TPSA) is 75.6 Å². The van der Waals surface area contributed by atoms with Crippen molar-refractivity contribution < 1.29 is 19.4 Å². The maximum atomic E-state index is 12.0. The number of carboxylic acid groups (broad SMARTS) is 1. The Labute approximate surface area is 121 Å². The van der Waals surface area contributed by atoms with Gasteiger partial charge in [-0.1, -0.05) is 13.8 Å². The fourth-order valence-electron chi connectivity index (χ4n) is 2.22. The highest BCUT2D eigenvalue weighted by Crippen LogP contribution is 2.54. The van der Waals surface area contributed by atoms with Crippen molar-refractivity contribution in [3.63, 3.8) is 0 Å². The minimum absolute atomic E-state index is 0.0436. The van der Waals surface area contributed by atoms with Gasteiger partial charge < -0.3 is 15.2 Å². The van der Waals surface area contributed by atoms with Crippen LogP contribution in [-0.2, 0) is 14.3 Å². The fraction of sp³-hybridized carbons (Fsp3) is 0.867. The zero-order valence-corrected chi connectivity index (χ0v) is 13.2. The van der Waals surface area contributed by atoms with Crippen molar-refractivity contribution in [2.75, 3.05) is 6.61 Å². The van der Waals surface area contributed by atoms with E-state index in [0.717, 1.165) is 12.8 Å². The van der Waals surface area contributed by atoms with Gasteiger partial charge in [0.2, 0.25) is 5.91 Å². The zero-order valence-electron chi connectivity index (χ0n) is 13.2. The third-order valence-electron chi connectivity index (χ3n) is 4.03. The Kier molecular flexibility index (Phi) is 5.19. The summed E-state index contributed by atoms with van der Waals surface area (Å²) in [6.45, 7) is 10.2. The molecule has 0 heterocycles. The number of amides is 1. The lowest BCUT2D eigenvalue weighted by Crippen LogP contribution is -2.43. The Hall–Kier alpha value is -1.10. The number of hydrogen-bond acceptors (Lipinski definition) is 3. The molecule has 2 N–H and O–H groups in total. The Balaban J connectivity index is 2.44. The van der Waals surface area contributed by atoms with Crippen molar-refractivity contribution in [2.45, 2.75) is 65.5 Å². The Morgan fingerprint density at radius 2 is 2.05 bits per heavy atom. The molecule has 0 bridgehead atoms. The van der Waals surface area contributed by atoms with Gasteiger partial charge in [0.25, 0.3) is 0 Å². The van der Waals surface area contributed by atoms with Crippen molar-refractivity contribution in [1.29, 1.82) is 0 Å². The van der Waals surface area contributed by atoms with E-state index < -0.39 is 12.0 Å². The summed E-state index contributed by atoms with van der Waals surface area (Å²) >= 11 is 0. The number of hydrogen-bond donors (Lipinski definition) is 2. The second-order valence-corrected chi connectivity index (χ2v) is 6.91. The highest BCUT2D eigenvalue weighted by molar-refractivity contribution is 5.87. The van der Waals surface area contributed by atoms with E-state index in [4.69, 9.17) is 4.74 Å². The molecule has 1 fully saturated rings. The third-order valence-corrected chi connectivity index (χ3v) is 4.03. The van der Waals surface area contributed by atoms with E-state index in [-0.39, 0.29) is 29.3 Å². The first kappa shape index (κ1) is 17.0. The van der Waals surface area contributed by atoms with Crippen LogP contribution in [0.25, 0.3) is 0 Å². The van der Waals surface area contributed by atoms with Crippen LogP contribution in [0.3, 0.4) is 0 Å². The fourth-order valence-corrected chi connectivity index (χ4v) is 2.22. The Bertz CT molecular complexity index is 375. The number of rotatable bonds is 7. The summed E-state index contributed by atoms with van der Waals surface area (Å²) in [6.07, 6.45) is 2.07. The van der Waals surface area contributed by atoms with Crippen LogP contribution in [0.4, 0.5) is 0 Å². The van der Waals surface area contributed by atoms with E-state index in [9.17, 15) is 14.7 Å². The van der Waals surface area contributed by atoms with Gasteiger partial charge in [-0.2, -0.15) is 0 Å². The monoisotopic (exact) mass is 285 g/mol. The molecule has 20 heavy (non-hydrogen) atoms. The molecule has 0 radical (unpaired) electrons. The van der Waals surface area contributed by atoms with Crippen molar-refractivity contribution >= 4 is 11.9 Å². The lowest BCUT2D eigenvalue weighted by molar-refractivity contribution is -0.143. The highest BCUT2D eigenvalue weighted by atomic mass is 16.5. The third kappa shape index (κ3) is 4.78. The molecule has 5 heteroatoms. The summed E-state index contributed by atoms with van der Waals surface area (Å²) in [7, 11) is 0. The molecule has 5 nitrogen and oxygen atoms in total. The van der Waals surface area contributed by atoms with Crippen LogP contribution in [0.5, 0.6) is 0 Å². The van der Waals surface area contributed by atoms with Crippen molar-refractivity contribution in [3.05, 3.63) is 0 Å². The molecule has 3 atom stereocenters. The smallest absolute Gasteiger partial charge is 0.326 e. The first-order valence-corrected chi connectivity index (χ1v) is 7.26. The minimum Gasteiger partial charge on any atom is -0.480 e. The summed E-state index contributed by atoms with van der Waals surface area (Å²) in [5.41, 5.74) is -0.251. The summed E-state index contributed by atoms with van der Waals surface area (Å²) in [5.74, 6) is -1.19. The molecule has 0 aliphatic heterocycles. The average molecular weight is 285 g/mol. The second kappa shape index (κ2) is 6.12. The van der Waals surface area contributed by atoms with Gasteiger partial charge in [-0.05, 0) is 39.0 Å². The molecule has 116 valence electrons. The van der Waals surface area contributed by atoms with Gasteiger partial charge in [0, 0.05) is 18.9 Å². The van der Waals surface area contributed by atoms with E-state index in [2.05, 4.69) is 19.2 Å². The Morgan fingerprint density at radius 3 is 2.45 bits per heavy atom. The van der Waals surface area contributed by atoms with Crippen molar-refractivity contribution in [1.82, 2.24) is 5.32 Å². The number of ether oxygens (including phenoxy) is 1. The van der Waals surface area contributed by atoms with Gasteiger partial charge in [0.1, 0.15) is 6.04 Å². The van der Waals surface area contributed by atoms with Crippen LogP contribution in [0.1, 0.15) is 53.9 Å². The van der Waals surface area contributed by atoms with E-state index in [1.54, 1.807) is 0 Å². The largest absolute Gasteiger partial charge is 0.480 e. The molecule has 1 saturated carbocycles. The minimum atomic E-state index is -1.00. The number of aliphatic carboxylic acids is 1. The normalized spacial score (nSPS) is 26.9. The lowest BCUT2D eigenvalue weighted by Gasteiger charge is -2.21. The maximum absolute atomic E-state index is 12.0. The highest BCUT2D eigenvalue weighted by Gasteiger charge is 2.53. The van der Waals surface area contributed by atoms with Gasteiger partial charge in [0.15, 0.2) is 0 Å². The molecule has 1 amide bonds. The molecule has 1 rings (SSSR count). The molecular weight excluding hydrogens is 258 g/mol. The maximum Gasteiger partial charge on any atom is 0.326 e. The summed E-state index contributed by atoms with van der Waals surface area (Å²) < 4.78 is 5.52. The second-order valence-electron chi connectivity index (χ2n) is 6.91. The molecule has 0 saturated heterocycles. The molecule has 1 aliphatic rings. The van der Waals surface area contributed by atoms with E-state index in [1.807, 2.05) is 20.8 Å². The van der Waals surface area contributed by atoms with Gasteiger partial charge in [-0.3, -0.25) is 4.79 Å². The van der Waals surface area contributed by atoms with Crippen LogP contribution in [0.15, 0.2) is 0 Å². The van der Waals surface area contributed by atoms with Crippen LogP contribution in [0.2, 0.25) is 0 Å². The quantitative estimate of drug-likeness (QED) is 0.752. The summed E-state index contributed by atoms with van der Waals surface area (Å²) in [4.78, 5) is 23.2. The first-order valence-electron chi connectivity index (χ1n) is 7.26. The number of nitrogens with one attached hydrogen (secondary N) is 1. The molecule has 0 aromatic rings. The van der Waals surface area contributed by atoms with Gasteiger partial charge >= 0.3 is 5.97 Å². The van der Waals surface area contributed by atoms with Crippen LogP contribution < -0.4 is 5.32 Å². The molecule has 0 aromatic heterocycles. The van der Waals surface area contributed by atoms with Gasteiger partial charge in [-0.25, -0.2) is 4.79 Å². The standard InChI is InChI=1S/C15H27NO4/c1-6-15(5)9-10(15)12(17)16-11(13(18)19)7-8-20-14(2,3)4/h10-11H,6-9H2,1-5H3,(H,16,17)(H,18,19). The van der Waals surface area contributed by atoms with Crippen LogP contribution in [0, 0.1) is 11.3 Å². The molecule has 1 aliphatic carbocycles. The van der Waals surface area contributed by atoms with Gasteiger partial charge in [0.05, 0.1) is 5.60 Å². The van der Waals surface area contributed by atoms with E-state index >= 15 is 0 Å². The SMILES string of the molecule is CCC1(C)CC1C(=O)NC(CCOC(C)(C)C)C(=O)O. The molecule has 3 unspecified atom stereocenters. The van der Waals surface area contributed by atoms with Crippen molar-refractivity contribution in [3.8, 4) is 0 Å². The van der Waals surface area contributed by atoms with E-state index in [1.165, 1.54) is 0 Å². The Morgan fingerprint density at radius 1 is 1.45 bits per heavy atom. The van der Waals surface area contributed by atoms with Crippen LogP contribution in [-0.4, -0.2) is 35.2 Å². The molecule has 0 spiro atoms. The number of carbonyl (C=O) groups is 2.